The van der Waals surface area contributed by atoms with E-state index >= 15 is 0 Å². The van der Waals surface area contributed by atoms with E-state index in [1.807, 2.05) is 29.6 Å². The first-order valence-corrected chi connectivity index (χ1v) is 7.50. The lowest BCUT2D eigenvalue weighted by molar-refractivity contribution is 0.0937. The van der Waals surface area contributed by atoms with Crippen LogP contribution < -0.4 is 5.32 Å². The third kappa shape index (κ3) is 2.85. The normalized spacial score (nSPS) is 12.6. The van der Waals surface area contributed by atoms with Gasteiger partial charge in [0.1, 0.15) is 0 Å². The van der Waals surface area contributed by atoms with Crippen LogP contribution in [-0.2, 0) is 0 Å². The zero-order valence-electron chi connectivity index (χ0n) is 10.3. The van der Waals surface area contributed by atoms with E-state index in [4.69, 9.17) is 11.6 Å². The van der Waals surface area contributed by atoms with E-state index in [9.17, 15) is 4.79 Å². The van der Waals surface area contributed by atoms with E-state index in [0.29, 0.717) is 5.88 Å². The molecular weight excluding hydrogens is 266 g/mol. The number of fused-ring (bicyclic) bond motifs is 1. The van der Waals surface area contributed by atoms with E-state index in [0.717, 1.165) is 28.5 Å². The average Bonchev–Trinajstić information content (AvgIpc) is 2.82. The van der Waals surface area contributed by atoms with Gasteiger partial charge in [-0.1, -0.05) is 25.1 Å². The zero-order valence-corrected chi connectivity index (χ0v) is 11.9. The number of thiophene rings is 1. The van der Waals surface area contributed by atoms with Gasteiger partial charge in [-0.3, -0.25) is 4.79 Å². The van der Waals surface area contributed by atoms with Crippen LogP contribution in [0, 0.1) is 0 Å². The zero-order chi connectivity index (χ0) is 13.0. The molecule has 2 rings (SSSR count). The minimum absolute atomic E-state index is 0.00409. The summed E-state index contributed by atoms with van der Waals surface area (Å²) in [4.78, 5) is 12.2. The highest BCUT2D eigenvalue weighted by Crippen LogP contribution is 2.25. The second-order valence-corrected chi connectivity index (χ2v) is 5.49. The largest absolute Gasteiger partial charge is 0.349 e. The molecule has 1 atom stereocenters. The number of carbonyl (C=O) groups is 1. The number of alkyl halides is 1. The molecule has 0 aliphatic rings. The van der Waals surface area contributed by atoms with Gasteiger partial charge in [0.25, 0.3) is 5.91 Å². The molecule has 18 heavy (non-hydrogen) atoms. The summed E-state index contributed by atoms with van der Waals surface area (Å²) in [5.41, 5.74) is 0.767. The van der Waals surface area contributed by atoms with Crippen LogP contribution in [0.1, 0.15) is 30.1 Å². The maximum Gasteiger partial charge on any atom is 0.252 e. The van der Waals surface area contributed by atoms with Gasteiger partial charge in [0, 0.05) is 27.4 Å². The van der Waals surface area contributed by atoms with Crippen LogP contribution in [-0.4, -0.2) is 17.8 Å². The van der Waals surface area contributed by atoms with Gasteiger partial charge in [-0.05, 0) is 18.9 Å². The number of rotatable bonds is 5. The van der Waals surface area contributed by atoms with E-state index in [2.05, 4.69) is 12.2 Å². The molecule has 1 N–H and O–H groups in total. The van der Waals surface area contributed by atoms with Crippen molar-refractivity contribution in [2.24, 2.45) is 0 Å². The standard InChI is InChI=1S/C14H16ClNOS/c1-2-10(7-8-15)16-14(17)12-9-18-13-6-4-3-5-11(12)13/h3-6,9-10H,2,7-8H2,1H3,(H,16,17). The van der Waals surface area contributed by atoms with Crippen LogP contribution in [0.25, 0.3) is 10.1 Å². The Morgan fingerprint density at radius 2 is 2.22 bits per heavy atom. The van der Waals surface area contributed by atoms with Crippen LogP contribution in [0.4, 0.5) is 0 Å². The van der Waals surface area contributed by atoms with Crippen LogP contribution in [0.5, 0.6) is 0 Å². The van der Waals surface area contributed by atoms with Gasteiger partial charge >= 0.3 is 0 Å². The molecule has 0 spiro atoms. The number of halogens is 1. The molecular formula is C14H16ClNOS. The molecule has 1 aromatic carbocycles. The highest BCUT2D eigenvalue weighted by Gasteiger charge is 2.15. The summed E-state index contributed by atoms with van der Waals surface area (Å²) >= 11 is 7.33. The third-order valence-corrected chi connectivity index (χ3v) is 4.19. The van der Waals surface area contributed by atoms with Gasteiger partial charge in [-0.2, -0.15) is 0 Å². The maximum absolute atomic E-state index is 12.2. The van der Waals surface area contributed by atoms with Crippen LogP contribution >= 0.6 is 22.9 Å². The van der Waals surface area contributed by atoms with E-state index in [-0.39, 0.29) is 11.9 Å². The maximum atomic E-state index is 12.2. The molecule has 1 aromatic heterocycles. The molecule has 2 aromatic rings. The fourth-order valence-electron chi connectivity index (χ4n) is 1.93. The summed E-state index contributed by atoms with van der Waals surface area (Å²) in [5.74, 6) is 0.577. The first kappa shape index (κ1) is 13.4. The molecule has 0 saturated carbocycles. The molecule has 0 aliphatic carbocycles. The van der Waals surface area contributed by atoms with E-state index in [1.165, 1.54) is 0 Å². The molecule has 1 unspecified atom stereocenters. The second-order valence-electron chi connectivity index (χ2n) is 4.20. The molecule has 1 heterocycles. The summed E-state index contributed by atoms with van der Waals surface area (Å²) in [6.45, 7) is 2.06. The number of amides is 1. The smallest absolute Gasteiger partial charge is 0.252 e. The van der Waals surface area contributed by atoms with Crippen LogP contribution in [0.2, 0.25) is 0 Å². The summed E-state index contributed by atoms with van der Waals surface area (Å²) in [7, 11) is 0. The third-order valence-electron chi connectivity index (χ3n) is 3.01. The number of hydrogen-bond acceptors (Lipinski definition) is 2. The lowest BCUT2D eigenvalue weighted by Gasteiger charge is -2.15. The van der Waals surface area contributed by atoms with Crippen LogP contribution in [0.15, 0.2) is 29.6 Å². The van der Waals surface area contributed by atoms with Crippen molar-refractivity contribution in [3.63, 3.8) is 0 Å². The molecule has 96 valence electrons. The Balaban J connectivity index is 2.18. The van der Waals surface area contributed by atoms with Crippen molar-refractivity contribution in [1.29, 1.82) is 0 Å². The number of carbonyl (C=O) groups excluding carboxylic acids is 1. The Morgan fingerprint density at radius 3 is 2.94 bits per heavy atom. The SMILES string of the molecule is CCC(CCCl)NC(=O)c1csc2ccccc12. The average molecular weight is 282 g/mol. The Morgan fingerprint density at radius 1 is 1.44 bits per heavy atom. The van der Waals surface area contributed by atoms with Gasteiger partial charge in [-0.15, -0.1) is 22.9 Å². The van der Waals surface area contributed by atoms with Crippen molar-refractivity contribution in [1.82, 2.24) is 5.32 Å². The van der Waals surface area contributed by atoms with E-state index < -0.39 is 0 Å². The molecule has 0 radical (unpaired) electrons. The van der Waals surface area contributed by atoms with Crippen LogP contribution in [0.3, 0.4) is 0 Å². The van der Waals surface area contributed by atoms with Gasteiger partial charge in [0.05, 0.1) is 5.56 Å². The molecule has 0 bridgehead atoms. The van der Waals surface area contributed by atoms with E-state index in [1.54, 1.807) is 11.3 Å². The second kappa shape index (κ2) is 6.21. The number of nitrogens with one attached hydrogen (secondary N) is 1. The molecule has 0 fully saturated rings. The van der Waals surface area contributed by atoms with Crippen molar-refractivity contribution >= 4 is 38.9 Å². The minimum atomic E-state index is 0.00409. The minimum Gasteiger partial charge on any atom is -0.349 e. The summed E-state index contributed by atoms with van der Waals surface area (Å²) in [5, 5.41) is 6.00. The molecule has 0 aliphatic heterocycles. The lowest BCUT2D eigenvalue weighted by atomic mass is 10.1. The quantitative estimate of drug-likeness (QED) is 0.824. The summed E-state index contributed by atoms with van der Waals surface area (Å²) in [6.07, 6.45) is 1.71. The van der Waals surface area contributed by atoms with Gasteiger partial charge in [0.2, 0.25) is 0 Å². The Hall–Kier alpha value is -1.06. The predicted molar refractivity (Wildman–Crippen MR) is 78.7 cm³/mol. The van der Waals surface area contributed by atoms with Crippen molar-refractivity contribution in [2.75, 3.05) is 5.88 Å². The lowest BCUT2D eigenvalue weighted by Crippen LogP contribution is -2.34. The molecule has 1 amide bonds. The first-order chi connectivity index (χ1) is 8.76. The van der Waals surface area contributed by atoms with Crippen molar-refractivity contribution < 1.29 is 4.79 Å². The molecule has 4 heteroatoms. The first-order valence-electron chi connectivity index (χ1n) is 6.09. The van der Waals surface area contributed by atoms with Gasteiger partial charge < -0.3 is 5.32 Å². The Labute approximate surface area is 116 Å². The topological polar surface area (TPSA) is 29.1 Å². The van der Waals surface area contributed by atoms with Crippen molar-refractivity contribution in [3.8, 4) is 0 Å². The van der Waals surface area contributed by atoms with Gasteiger partial charge in [-0.25, -0.2) is 0 Å². The molecule has 2 nitrogen and oxygen atoms in total. The summed E-state index contributed by atoms with van der Waals surface area (Å²) < 4.78 is 1.15. The fraction of sp³-hybridized carbons (Fsp3) is 0.357. The fourth-order valence-corrected chi connectivity index (χ4v) is 3.13. The van der Waals surface area contributed by atoms with Gasteiger partial charge in [0.15, 0.2) is 0 Å². The highest BCUT2D eigenvalue weighted by molar-refractivity contribution is 7.17. The Kier molecular flexibility index (Phi) is 4.61. The number of hydrogen-bond donors (Lipinski definition) is 1. The highest BCUT2D eigenvalue weighted by atomic mass is 35.5. The number of benzene rings is 1. The predicted octanol–water partition coefficient (Wildman–Crippen LogP) is 4.04. The molecule has 0 saturated heterocycles. The monoisotopic (exact) mass is 281 g/mol. The van der Waals surface area contributed by atoms with Crippen molar-refractivity contribution in [2.45, 2.75) is 25.8 Å². The Bertz CT molecular complexity index is 537. The van der Waals surface area contributed by atoms with Crippen molar-refractivity contribution in [3.05, 3.63) is 35.2 Å². The summed E-state index contributed by atoms with van der Waals surface area (Å²) in [6, 6.07) is 8.13.